The lowest BCUT2D eigenvalue weighted by Crippen LogP contribution is -2.36. The molecular formula is C11H13NO2. The topological polar surface area (TPSA) is 40.5 Å². The molecule has 1 aromatic carbocycles. The molecule has 0 spiro atoms. The highest BCUT2D eigenvalue weighted by atomic mass is 16.3. The van der Waals surface area contributed by atoms with Crippen LogP contribution < -0.4 is 4.90 Å². The maximum absolute atomic E-state index is 10.8. The van der Waals surface area contributed by atoms with Gasteiger partial charge in [-0.15, -0.1) is 0 Å². The van der Waals surface area contributed by atoms with Crippen LogP contribution in [0.4, 0.5) is 5.69 Å². The zero-order valence-electron chi connectivity index (χ0n) is 7.84. The number of carbonyl (C=O) groups is 1. The molecule has 0 saturated carbocycles. The van der Waals surface area contributed by atoms with Crippen LogP contribution in [-0.2, 0) is 4.79 Å². The van der Waals surface area contributed by atoms with E-state index in [0.29, 0.717) is 6.42 Å². The van der Waals surface area contributed by atoms with Crippen molar-refractivity contribution in [3.8, 4) is 0 Å². The highest BCUT2D eigenvalue weighted by Gasteiger charge is 2.32. The second kappa shape index (κ2) is 3.80. The Bertz CT molecular complexity index is 312. The summed E-state index contributed by atoms with van der Waals surface area (Å²) in [6.45, 7) is 0.745. The van der Waals surface area contributed by atoms with Crippen molar-refractivity contribution in [3.05, 3.63) is 30.3 Å². The van der Waals surface area contributed by atoms with Crippen molar-refractivity contribution in [2.45, 2.75) is 18.6 Å². The van der Waals surface area contributed by atoms with Crippen molar-refractivity contribution >= 4 is 12.0 Å². The van der Waals surface area contributed by atoms with E-state index in [-0.39, 0.29) is 6.04 Å². The molecule has 0 bridgehead atoms. The van der Waals surface area contributed by atoms with Crippen LogP contribution in [0.5, 0.6) is 0 Å². The Hall–Kier alpha value is -1.35. The van der Waals surface area contributed by atoms with E-state index in [4.69, 9.17) is 0 Å². The van der Waals surface area contributed by atoms with Crippen molar-refractivity contribution < 1.29 is 9.90 Å². The Morgan fingerprint density at radius 2 is 2.07 bits per heavy atom. The lowest BCUT2D eigenvalue weighted by atomic mass is 10.2. The molecule has 1 aliphatic heterocycles. The van der Waals surface area contributed by atoms with Gasteiger partial charge in [-0.05, 0) is 18.6 Å². The number of anilines is 1. The van der Waals surface area contributed by atoms with Gasteiger partial charge >= 0.3 is 0 Å². The number of benzene rings is 1. The molecule has 3 heteroatoms. The standard InChI is InChI=1S/C11H13NO2/c13-8-10-11(14)6-7-12(10)9-4-2-1-3-5-9/h1-5,8,10-11,14H,6-7H2/t10?,11-/m1/s1. The zero-order valence-corrected chi connectivity index (χ0v) is 7.84. The van der Waals surface area contributed by atoms with Gasteiger partial charge in [-0.3, -0.25) is 0 Å². The maximum Gasteiger partial charge on any atom is 0.145 e. The third kappa shape index (κ3) is 1.51. The largest absolute Gasteiger partial charge is 0.390 e. The van der Waals surface area contributed by atoms with Crippen molar-refractivity contribution in [3.63, 3.8) is 0 Å². The number of para-hydroxylation sites is 1. The third-order valence-electron chi connectivity index (χ3n) is 2.65. The third-order valence-corrected chi connectivity index (χ3v) is 2.65. The van der Waals surface area contributed by atoms with Gasteiger partial charge in [0.2, 0.25) is 0 Å². The molecule has 1 fully saturated rings. The van der Waals surface area contributed by atoms with E-state index >= 15 is 0 Å². The molecule has 0 aliphatic carbocycles. The van der Waals surface area contributed by atoms with Crippen LogP contribution in [-0.4, -0.2) is 30.1 Å². The van der Waals surface area contributed by atoms with Gasteiger partial charge < -0.3 is 14.8 Å². The average Bonchev–Trinajstić information content (AvgIpc) is 2.61. The van der Waals surface area contributed by atoms with E-state index in [1.54, 1.807) is 0 Å². The minimum atomic E-state index is -0.521. The Morgan fingerprint density at radius 3 is 2.71 bits per heavy atom. The number of hydrogen-bond donors (Lipinski definition) is 1. The molecule has 3 nitrogen and oxygen atoms in total. The van der Waals surface area contributed by atoms with E-state index in [1.807, 2.05) is 35.2 Å². The van der Waals surface area contributed by atoms with Crippen molar-refractivity contribution in [2.75, 3.05) is 11.4 Å². The molecule has 1 saturated heterocycles. The first-order valence-electron chi connectivity index (χ1n) is 4.78. The van der Waals surface area contributed by atoms with E-state index in [1.165, 1.54) is 0 Å². The number of aldehydes is 1. The van der Waals surface area contributed by atoms with Crippen molar-refractivity contribution in [1.82, 2.24) is 0 Å². The maximum atomic E-state index is 10.8. The molecule has 1 unspecified atom stereocenters. The minimum Gasteiger partial charge on any atom is -0.390 e. The Kier molecular flexibility index (Phi) is 2.50. The summed E-state index contributed by atoms with van der Waals surface area (Å²) in [4.78, 5) is 12.7. The summed E-state index contributed by atoms with van der Waals surface area (Å²) in [5.41, 5.74) is 1.00. The van der Waals surface area contributed by atoms with Crippen LogP contribution >= 0.6 is 0 Å². The van der Waals surface area contributed by atoms with Gasteiger partial charge in [0.25, 0.3) is 0 Å². The predicted octanol–water partition coefficient (Wildman–Crippen LogP) is 0.825. The molecular weight excluding hydrogens is 178 g/mol. The minimum absolute atomic E-state index is 0.377. The van der Waals surface area contributed by atoms with E-state index in [0.717, 1.165) is 18.5 Å². The van der Waals surface area contributed by atoms with Gasteiger partial charge in [0.1, 0.15) is 12.3 Å². The number of aliphatic hydroxyl groups is 1. The van der Waals surface area contributed by atoms with Gasteiger partial charge in [0.15, 0.2) is 0 Å². The number of nitrogens with zero attached hydrogens (tertiary/aromatic N) is 1. The second-order valence-electron chi connectivity index (χ2n) is 3.51. The van der Waals surface area contributed by atoms with Gasteiger partial charge in [-0.2, -0.15) is 0 Å². The average molecular weight is 191 g/mol. The van der Waals surface area contributed by atoms with Gasteiger partial charge in [-0.25, -0.2) is 0 Å². The first-order valence-corrected chi connectivity index (χ1v) is 4.78. The summed E-state index contributed by atoms with van der Waals surface area (Å²) in [5, 5.41) is 9.55. The fraction of sp³-hybridized carbons (Fsp3) is 0.364. The molecule has 2 atom stereocenters. The monoisotopic (exact) mass is 191 g/mol. The van der Waals surface area contributed by atoms with E-state index in [9.17, 15) is 9.90 Å². The normalized spacial score (nSPS) is 26.5. The molecule has 1 heterocycles. The number of rotatable bonds is 2. The van der Waals surface area contributed by atoms with Crippen LogP contribution in [0.2, 0.25) is 0 Å². The lowest BCUT2D eigenvalue weighted by molar-refractivity contribution is -0.110. The van der Waals surface area contributed by atoms with Crippen LogP contribution in [0, 0.1) is 0 Å². The Labute approximate surface area is 83.0 Å². The van der Waals surface area contributed by atoms with E-state index in [2.05, 4.69) is 0 Å². The smallest absolute Gasteiger partial charge is 0.145 e. The summed E-state index contributed by atoms with van der Waals surface area (Å²) in [6, 6.07) is 9.33. The van der Waals surface area contributed by atoms with Crippen LogP contribution in [0.3, 0.4) is 0 Å². The molecule has 0 radical (unpaired) electrons. The molecule has 2 rings (SSSR count). The lowest BCUT2D eigenvalue weighted by Gasteiger charge is -2.23. The van der Waals surface area contributed by atoms with Crippen molar-refractivity contribution in [1.29, 1.82) is 0 Å². The Balaban J connectivity index is 2.23. The van der Waals surface area contributed by atoms with Gasteiger partial charge in [0, 0.05) is 12.2 Å². The zero-order chi connectivity index (χ0) is 9.97. The number of carbonyl (C=O) groups excluding carboxylic acids is 1. The number of hydrogen-bond acceptors (Lipinski definition) is 3. The first-order chi connectivity index (χ1) is 6.83. The summed E-state index contributed by atoms with van der Waals surface area (Å²) >= 11 is 0. The van der Waals surface area contributed by atoms with Gasteiger partial charge in [0.05, 0.1) is 6.10 Å². The second-order valence-corrected chi connectivity index (χ2v) is 3.51. The summed E-state index contributed by atoms with van der Waals surface area (Å²) in [5.74, 6) is 0. The molecule has 1 aliphatic rings. The molecule has 14 heavy (non-hydrogen) atoms. The summed E-state index contributed by atoms with van der Waals surface area (Å²) in [6.07, 6.45) is 0.968. The molecule has 74 valence electrons. The molecule has 1 N–H and O–H groups in total. The molecule has 0 amide bonds. The fourth-order valence-electron chi connectivity index (χ4n) is 1.88. The highest BCUT2D eigenvalue weighted by Crippen LogP contribution is 2.24. The van der Waals surface area contributed by atoms with Crippen LogP contribution in [0.15, 0.2) is 30.3 Å². The van der Waals surface area contributed by atoms with E-state index < -0.39 is 6.10 Å². The van der Waals surface area contributed by atoms with Crippen molar-refractivity contribution in [2.24, 2.45) is 0 Å². The number of aliphatic hydroxyl groups excluding tert-OH is 1. The SMILES string of the molecule is O=CC1[C@H](O)CCN1c1ccccc1. The summed E-state index contributed by atoms with van der Waals surface area (Å²) < 4.78 is 0. The molecule has 0 aromatic heterocycles. The quantitative estimate of drug-likeness (QED) is 0.704. The van der Waals surface area contributed by atoms with Crippen LogP contribution in [0.1, 0.15) is 6.42 Å². The Morgan fingerprint density at radius 1 is 1.36 bits per heavy atom. The fourth-order valence-corrected chi connectivity index (χ4v) is 1.88. The van der Waals surface area contributed by atoms with Crippen LogP contribution in [0.25, 0.3) is 0 Å². The van der Waals surface area contributed by atoms with Gasteiger partial charge in [-0.1, -0.05) is 18.2 Å². The molecule has 1 aromatic rings. The highest BCUT2D eigenvalue weighted by molar-refractivity contribution is 5.68. The summed E-state index contributed by atoms with van der Waals surface area (Å²) in [7, 11) is 0. The predicted molar refractivity (Wildman–Crippen MR) is 54.3 cm³/mol. The first kappa shape index (κ1) is 9.21.